The number of benzene rings is 1. The van der Waals surface area contributed by atoms with Gasteiger partial charge in [-0.25, -0.2) is 0 Å². The summed E-state index contributed by atoms with van der Waals surface area (Å²) in [6, 6.07) is 7.27. The smallest absolute Gasteiger partial charge is 0.309 e. The number of halogens is 1. The van der Waals surface area contributed by atoms with E-state index in [1.165, 1.54) is 4.90 Å². The highest BCUT2D eigenvalue weighted by atomic mass is 35.5. The molecule has 0 spiro atoms. The summed E-state index contributed by atoms with van der Waals surface area (Å²) < 4.78 is 10.5. The molecule has 1 aromatic carbocycles. The number of amides is 2. The summed E-state index contributed by atoms with van der Waals surface area (Å²) in [5.74, 6) is -0.759. The lowest BCUT2D eigenvalue weighted by molar-refractivity contribution is -0.151. The Kier molecular flexibility index (Phi) is 8.73. The van der Waals surface area contributed by atoms with E-state index in [9.17, 15) is 14.4 Å². The van der Waals surface area contributed by atoms with Gasteiger partial charge in [0.05, 0.1) is 25.7 Å². The molecule has 1 aliphatic rings. The van der Waals surface area contributed by atoms with Gasteiger partial charge in [0.25, 0.3) is 0 Å². The Labute approximate surface area is 170 Å². The molecule has 1 aromatic rings. The molecule has 2 rings (SSSR count). The number of carbonyl (C=O) groups excluding carboxylic acids is 3. The van der Waals surface area contributed by atoms with Crippen molar-refractivity contribution >= 4 is 29.4 Å². The molecule has 0 radical (unpaired) electrons. The largest absolute Gasteiger partial charge is 0.466 e. The zero-order valence-corrected chi connectivity index (χ0v) is 17.1. The zero-order valence-electron chi connectivity index (χ0n) is 16.4. The first-order valence-electron chi connectivity index (χ1n) is 9.41. The van der Waals surface area contributed by atoms with Crippen molar-refractivity contribution < 1.29 is 23.9 Å². The minimum Gasteiger partial charge on any atom is -0.466 e. The highest BCUT2D eigenvalue weighted by molar-refractivity contribution is 6.31. The fourth-order valence-corrected chi connectivity index (χ4v) is 3.18. The molecule has 1 aliphatic heterocycles. The van der Waals surface area contributed by atoms with Crippen molar-refractivity contribution in [2.24, 2.45) is 5.92 Å². The Morgan fingerprint density at radius 2 is 1.89 bits per heavy atom. The molecule has 1 heterocycles. The predicted octanol–water partition coefficient (Wildman–Crippen LogP) is 2.12. The topological polar surface area (TPSA) is 76.2 Å². The Hall–Kier alpha value is -2.12. The first-order valence-corrected chi connectivity index (χ1v) is 9.79. The van der Waals surface area contributed by atoms with Crippen LogP contribution in [0.1, 0.15) is 25.3 Å². The SMILES string of the molecule is CCOC(=O)C1CCN(C(=O)CN(C)C(=O)COCc2ccccc2Cl)CC1. The van der Waals surface area contributed by atoms with Gasteiger partial charge in [0.2, 0.25) is 11.8 Å². The summed E-state index contributed by atoms with van der Waals surface area (Å²) in [5.41, 5.74) is 0.806. The molecule has 28 heavy (non-hydrogen) atoms. The number of rotatable bonds is 8. The van der Waals surface area contributed by atoms with Crippen LogP contribution in [-0.2, 0) is 30.5 Å². The highest BCUT2D eigenvalue weighted by Gasteiger charge is 2.28. The molecule has 1 saturated heterocycles. The second-order valence-electron chi connectivity index (χ2n) is 6.74. The number of esters is 1. The van der Waals surface area contributed by atoms with Gasteiger partial charge in [0.15, 0.2) is 0 Å². The molecule has 2 amide bonds. The summed E-state index contributed by atoms with van der Waals surface area (Å²) in [4.78, 5) is 39.4. The first kappa shape index (κ1) is 22.2. The quantitative estimate of drug-likeness (QED) is 0.613. The maximum absolute atomic E-state index is 12.4. The van der Waals surface area contributed by atoms with Crippen molar-refractivity contribution in [3.63, 3.8) is 0 Å². The standard InChI is InChI=1S/C20H27ClN2O5/c1-3-28-20(26)15-8-10-23(11-9-15)18(24)12-22(2)19(25)14-27-13-16-6-4-5-7-17(16)21/h4-7,15H,3,8-14H2,1-2H3. The second-order valence-corrected chi connectivity index (χ2v) is 7.15. The van der Waals surface area contributed by atoms with Crippen molar-refractivity contribution in [1.29, 1.82) is 0 Å². The van der Waals surface area contributed by atoms with Crippen molar-refractivity contribution in [3.05, 3.63) is 34.9 Å². The number of ether oxygens (including phenoxy) is 2. The summed E-state index contributed by atoms with van der Waals surface area (Å²) in [6.45, 7) is 3.22. The van der Waals surface area contributed by atoms with Gasteiger partial charge in [-0.15, -0.1) is 0 Å². The van der Waals surface area contributed by atoms with E-state index in [2.05, 4.69) is 0 Å². The van der Waals surface area contributed by atoms with Crippen LogP contribution in [-0.4, -0.2) is 67.5 Å². The summed E-state index contributed by atoms with van der Waals surface area (Å²) >= 11 is 6.05. The van der Waals surface area contributed by atoms with E-state index < -0.39 is 0 Å². The number of carbonyl (C=O) groups is 3. The van der Waals surface area contributed by atoms with Gasteiger partial charge in [0, 0.05) is 25.2 Å². The minimum absolute atomic E-state index is 0.0155. The third-order valence-electron chi connectivity index (χ3n) is 4.71. The molecule has 7 nitrogen and oxygen atoms in total. The number of likely N-dealkylation sites (tertiary alicyclic amines) is 1. The molecule has 0 N–H and O–H groups in total. The normalized spacial score (nSPS) is 14.6. The van der Waals surface area contributed by atoms with Crippen LogP contribution in [0, 0.1) is 5.92 Å². The molecule has 0 saturated carbocycles. The van der Waals surface area contributed by atoms with Crippen LogP contribution in [0.3, 0.4) is 0 Å². The van der Waals surface area contributed by atoms with Gasteiger partial charge in [0.1, 0.15) is 6.61 Å². The maximum atomic E-state index is 12.4. The van der Waals surface area contributed by atoms with E-state index in [1.54, 1.807) is 24.9 Å². The Balaban J connectivity index is 1.71. The maximum Gasteiger partial charge on any atom is 0.309 e. The van der Waals surface area contributed by atoms with Crippen LogP contribution in [0.15, 0.2) is 24.3 Å². The molecular weight excluding hydrogens is 384 g/mol. The van der Waals surface area contributed by atoms with E-state index in [0.29, 0.717) is 37.6 Å². The molecule has 154 valence electrons. The van der Waals surface area contributed by atoms with Crippen molar-refractivity contribution in [3.8, 4) is 0 Å². The molecule has 0 atom stereocenters. The lowest BCUT2D eigenvalue weighted by atomic mass is 9.97. The number of hydrogen-bond donors (Lipinski definition) is 0. The monoisotopic (exact) mass is 410 g/mol. The Morgan fingerprint density at radius 3 is 2.54 bits per heavy atom. The molecule has 0 aromatic heterocycles. The van der Waals surface area contributed by atoms with Crippen LogP contribution in [0.4, 0.5) is 0 Å². The minimum atomic E-state index is -0.276. The summed E-state index contributed by atoms with van der Waals surface area (Å²) in [5, 5.41) is 0.588. The molecule has 0 aliphatic carbocycles. The average molecular weight is 411 g/mol. The van der Waals surface area contributed by atoms with Crippen LogP contribution < -0.4 is 0 Å². The summed E-state index contributed by atoms with van der Waals surface area (Å²) in [6.07, 6.45) is 1.17. The fourth-order valence-electron chi connectivity index (χ4n) is 2.99. The average Bonchev–Trinajstić information content (AvgIpc) is 2.69. The van der Waals surface area contributed by atoms with Crippen LogP contribution in [0.5, 0.6) is 0 Å². The molecule has 8 heteroatoms. The van der Waals surface area contributed by atoms with Gasteiger partial charge < -0.3 is 19.3 Å². The Morgan fingerprint density at radius 1 is 1.21 bits per heavy atom. The van der Waals surface area contributed by atoms with Crippen molar-refractivity contribution in [2.45, 2.75) is 26.4 Å². The number of nitrogens with zero attached hydrogens (tertiary/aromatic N) is 2. The number of hydrogen-bond acceptors (Lipinski definition) is 5. The Bertz CT molecular complexity index is 689. The van der Waals surface area contributed by atoms with Crippen molar-refractivity contribution in [1.82, 2.24) is 9.80 Å². The lowest BCUT2D eigenvalue weighted by Crippen LogP contribution is -2.46. The zero-order chi connectivity index (χ0) is 20.5. The molecule has 0 unspecified atom stereocenters. The third-order valence-corrected chi connectivity index (χ3v) is 5.08. The molecular formula is C20H27ClN2O5. The first-order chi connectivity index (χ1) is 13.4. The number of likely N-dealkylation sites (N-methyl/N-ethyl adjacent to an activating group) is 1. The van der Waals surface area contributed by atoms with Gasteiger partial charge in [-0.3, -0.25) is 14.4 Å². The fraction of sp³-hybridized carbons (Fsp3) is 0.550. The van der Waals surface area contributed by atoms with E-state index in [1.807, 2.05) is 18.2 Å². The highest BCUT2D eigenvalue weighted by Crippen LogP contribution is 2.19. The van der Waals surface area contributed by atoms with Crippen LogP contribution >= 0.6 is 11.6 Å². The molecule has 1 fully saturated rings. The van der Waals surface area contributed by atoms with E-state index in [4.69, 9.17) is 21.1 Å². The van der Waals surface area contributed by atoms with Crippen LogP contribution in [0.25, 0.3) is 0 Å². The third kappa shape index (κ3) is 6.49. The van der Waals surface area contributed by atoms with E-state index in [0.717, 1.165) is 5.56 Å². The van der Waals surface area contributed by atoms with Gasteiger partial charge in [-0.2, -0.15) is 0 Å². The van der Waals surface area contributed by atoms with Gasteiger partial charge in [-0.05, 0) is 31.4 Å². The second kappa shape index (κ2) is 11.0. The lowest BCUT2D eigenvalue weighted by Gasteiger charge is -2.32. The molecule has 0 bridgehead atoms. The van der Waals surface area contributed by atoms with E-state index >= 15 is 0 Å². The van der Waals surface area contributed by atoms with Gasteiger partial charge >= 0.3 is 5.97 Å². The van der Waals surface area contributed by atoms with E-state index in [-0.39, 0.29) is 43.5 Å². The number of piperidine rings is 1. The predicted molar refractivity (Wildman–Crippen MR) is 105 cm³/mol. The summed E-state index contributed by atoms with van der Waals surface area (Å²) in [7, 11) is 1.57. The van der Waals surface area contributed by atoms with Gasteiger partial charge in [-0.1, -0.05) is 29.8 Å². The van der Waals surface area contributed by atoms with Crippen LogP contribution in [0.2, 0.25) is 5.02 Å². The van der Waals surface area contributed by atoms with Crippen molar-refractivity contribution in [2.75, 3.05) is 39.9 Å².